The molecule has 0 radical (unpaired) electrons. The fourth-order valence-electron chi connectivity index (χ4n) is 1.20. The Balaban J connectivity index is 2.11. The van der Waals surface area contributed by atoms with E-state index in [0.29, 0.717) is 21.4 Å². The molecule has 0 atom stereocenters. The lowest BCUT2D eigenvalue weighted by molar-refractivity contribution is 0.505. The molecule has 0 aromatic heterocycles. The van der Waals surface area contributed by atoms with E-state index in [1.807, 2.05) is 6.07 Å². The lowest BCUT2D eigenvalue weighted by Crippen LogP contribution is -2.03. The maximum absolute atomic E-state index is 11.7. The van der Waals surface area contributed by atoms with E-state index in [9.17, 15) is 8.42 Å². The number of hydrogen-bond acceptors (Lipinski definition) is 4. The van der Waals surface area contributed by atoms with Gasteiger partial charge in [0.1, 0.15) is 5.75 Å². The van der Waals surface area contributed by atoms with Crippen molar-refractivity contribution in [3.8, 4) is 5.75 Å². The van der Waals surface area contributed by atoms with Crippen LogP contribution in [0.15, 0.2) is 65.6 Å². The highest BCUT2D eigenvalue weighted by atomic mass is 33.1. The minimum absolute atomic E-state index is 0.316. The Labute approximate surface area is 104 Å². The Morgan fingerprint density at radius 2 is 1.35 bits per heavy atom. The van der Waals surface area contributed by atoms with Crippen LogP contribution in [0.1, 0.15) is 0 Å². The van der Waals surface area contributed by atoms with Crippen molar-refractivity contribution in [3.63, 3.8) is 0 Å². The molecule has 0 aliphatic heterocycles. The fourth-order valence-corrected chi connectivity index (χ4v) is 3.47. The van der Waals surface area contributed by atoms with Gasteiger partial charge >= 0.3 is 9.15 Å². The van der Waals surface area contributed by atoms with Gasteiger partial charge in [0.25, 0.3) is 0 Å². The molecule has 0 unspecified atom stereocenters. The van der Waals surface area contributed by atoms with Gasteiger partial charge in [-0.05, 0) is 24.3 Å². The standard InChI is InChI=1S/C12H10O3S2/c13-17(14,15-11-7-3-1-4-8-11)16-12-9-5-2-6-10-12/h1-10H. The second-order valence-corrected chi connectivity index (χ2v) is 6.55. The molecule has 0 N–H and O–H groups in total. The van der Waals surface area contributed by atoms with Crippen LogP contribution in [0.4, 0.5) is 0 Å². The summed E-state index contributed by atoms with van der Waals surface area (Å²) in [5.41, 5.74) is 0. The average molecular weight is 266 g/mol. The van der Waals surface area contributed by atoms with E-state index < -0.39 is 9.15 Å². The molecule has 17 heavy (non-hydrogen) atoms. The van der Waals surface area contributed by atoms with Gasteiger partial charge in [0.15, 0.2) is 0 Å². The van der Waals surface area contributed by atoms with Gasteiger partial charge in [0.05, 0.1) is 0 Å². The molecular formula is C12H10O3S2. The molecule has 0 aliphatic carbocycles. The zero-order valence-corrected chi connectivity index (χ0v) is 10.4. The van der Waals surface area contributed by atoms with Crippen LogP contribution in [0, 0.1) is 0 Å². The van der Waals surface area contributed by atoms with Gasteiger partial charge < -0.3 is 4.18 Å². The SMILES string of the molecule is O=S(=O)(Oc1ccccc1)Sc1ccccc1. The van der Waals surface area contributed by atoms with Crippen LogP contribution < -0.4 is 4.18 Å². The van der Waals surface area contributed by atoms with Gasteiger partial charge in [0, 0.05) is 15.7 Å². The van der Waals surface area contributed by atoms with E-state index >= 15 is 0 Å². The van der Waals surface area contributed by atoms with Crippen molar-refractivity contribution < 1.29 is 12.6 Å². The third-order valence-corrected chi connectivity index (χ3v) is 4.34. The van der Waals surface area contributed by atoms with Gasteiger partial charge in [-0.1, -0.05) is 36.4 Å². The summed E-state index contributed by atoms with van der Waals surface area (Å²) in [5.74, 6) is 0.316. The molecule has 0 bridgehead atoms. The van der Waals surface area contributed by atoms with Crippen molar-refractivity contribution in [3.05, 3.63) is 60.7 Å². The maximum Gasteiger partial charge on any atom is 0.370 e. The molecule has 5 heteroatoms. The zero-order chi connectivity index (χ0) is 12.1. The predicted molar refractivity (Wildman–Crippen MR) is 68.3 cm³/mol. The Kier molecular flexibility index (Phi) is 3.71. The monoisotopic (exact) mass is 266 g/mol. The first-order valence-electron chi connectivity index (χ1n) is 4.90. The summed E-state index contributed by atoms with van der Waals surface area (Å²) >= 11 is 0. The van der Waals surface area contributed by atoms with Crippen molar-refractivity contribution in [2.45, 2.75) is 4.90 Å². The molecular weight excluding hydrogens is 256 g/mol. The van der Waals surface area contributed by atoms with Crippen molar-refractivity contribution in [1.82, 2.24) is 0 Å². The summed E-state index contributed by atoms with van der Waals surface area (Å²) in [6.07, 6.45) is 0. The van der Waals surface area contributed by atoms with Crippen molar-refractivity contribution in [1.29, 1.82) is 0 Å². The van der Waals surface area contributed by atoms with Gasteiger partial charge in [-0.25, -0.2) is 0 Å². The van der Waals surface area contributed by atoms with E-state index in [4.69, 9.17) is 4.18 Å². The average Bonchev–Trinajstić information content (AvgIpc) is 2.30. The Bertz CT molecular complexity index is 518. The quantitative estimate of drug-likeness (QED) is 0.798. The molecule has 0 saturated carbocycles. The summed E-state index contributed by atoms with van der Waals surface area (Å²) in [7, 11) is -2.98. The minimum Gasteiger partial charge on any atom is -0.374 e. The van der Waals surface area contributed by atoms with Crippen LogP contribution in [-0.2, 0) is 9.15 Å². The van der Waals surface area contributed by atoms with Crippen molar-refractivity contribution >= 4 is 19.9 Å². The Morgan fingerprint density at radius 1 is 0.824 bits per heavy atom. The molecule has 2 aromatic rings. The lowest BCUT2D eigenvalue weighted by Gasteiger charge is -2.05. The molecule has 0 fully saturated rings. The molecule has 2 rings (SSSR count). The second-order valence-electron chi connectivity index (χ2n) is 3.20. The van der Waals surface area contributed by atoms with Gasteiger partial charge in [-0.15, -0.1) is 0 Å². The summed E-state index contributed by atoms with van der Waals surface area (Å²) < 4.78 is 28.4. The third-order valence-electron chi connectivity index (χ3n) is 1.88. The van der Waals surface area contributed by atoms with Gasteiger partial charge in [0.2, 0.25) is 0 Å². The highest BCUT2D eigenvalue weighted by molar-refractivity contribution is 8.70. The molecule has 2 aromatic carbocycles. The van der Waals surface area contributed by atoms with Gasteiger partial charge in [-0.3, -0.25) is 0 Å². The summed E-state index contributed by atoms with van der Waals surface area (Å²) in [4.78, 5) is 0.628. The molecule has 0 heterocycles. The van der Waals surface area contributed by atoms with Crippen molar-refractivity contribution in [2.75, 3.05) is 0 Å². The highest BCUT2D eigenvalue weighted by Gasteiger charge is 2.14. The number of para-hydroxylation sites is 1. The van der Waals surface area contributed by atoms with Crippen LogP contribution in [0.5, 0.6) is 5.75 Å². The maximum atomic E-state index is 11.7. The van der Waals surface area contributed by atoms with Crippen LogP contribution in [0.2, 0.25) is 0 Å². The largest absolute Gasteiger partial charge is 0.374 e. The first-order valence-corrected chi connectivity index (χ1v) is 7.64. The Morgan fingerprint density at radius 3 is 1.94 bits per heavy atom. The van der Waals surface area contributed by atoms with E-state index in [0.717, 1.165) is 0 Å². The molecule has 3 nitrogen and oxygen atoms in total. The second kappa shape index (κ2) is 5.25. The normalized spacial score (nSPS) is 11.1. The predicted octanol–water partition coefficient (Wildman–Crippen LogP) is 3.10. The smallest absolute Gasteiger partial charge is 0.370 e. The Hall–Kier alpha value is -1.46. The fraction of sp³-hybridized carbons (Fsp3) is 0. The van der Waals surface area contributed by atoms with E-state index in [2.05, 4.69) is 0 Å². The molecule has 0 saturated heterocycles. The highest BCUT2D eigenvalue weighted by Crippen LogP contribution is 2.26. The molecule has 88 valence electrons. The van der Waals surface area contributed by atoms with Crippen molar-refractivity contribution in [2.24, 2.45) is 0 Å². The molecule has 0 aliphatic rings. The van der Waals surface area contributed by atoms with E-state index in [1.54, 1.807) is 54.6 Å². The van der Waals surface area contributed by atoms with E-state index in [1.165, 1.54) is 0 Å². The van der Waals surface area contributed by atoms with Gasteiger partial charge in [-0.2, -0.15) is 8.42 Å². The van der Waals surface area contributed by atoms with Crippen LogP contribution in [0.25, 0.3) is 0 Å². The van der Waals surface area contributed by atoms with Crippen LogP contribution >= 0.6 is 10.8 Å². The topological polar surface area (TPSA) is 43.4 Å². The van der Waals surface area contributed by atoms with E-state index in [-0.39, 0.29) is 0 Å². The third kappa shape index (κ3) is 3.80. The van der Waals surface area contributed by atoms with Crippen LogP contribution in [-0.4, -0.2) is 8.42 Å². The molecule has 0 amide bonds. The number of hydrogen-bond donors (Lipinski definition) is 0. The lowest BCUT2D eigenvalue weighted by atomic mass is 10.3. The zero-order valence-electron chi connectivity index (χ0n) is 8.81. The number of benzene rings is 2. The van der Waals surface area contributed by atoms with Crippen LogP contribution in [0.3, 0.4) is 0 Å². The first kappa shape index (κ1) is 12.0. The summed E-state index contributed by atoms with van der Waals surface area (Å²) in [6.45, 7) is 0. The first-order chi connectivity index (χ1) is 8.16. The summed E-state index contributed by atoms with van der Waals surface area (Å²) in [5, 5.41) is 0. The summed E-state index contributed by atoms with van der Waals surface area (Å²) in [6, 6.07) is 17.3. The minimum atomic E-state index is -3.67. The number of rotatable bonds is 4. The molecule has 0 spiro atoms.